The zero-order valence-corrected chi connectivity index (χ0v) is 10.6. The van der Waals surface area contributed by atoms with Gasteiger partial charge in [0, 0.05) is 0 Å². The minimum absolute atomic E-state index is 0.226. The highest BCUT2D eigenvalue weighted by molar-refractivity contribution is 6.32. The van der Waals surface area contributed by atoms with Crippen LogP contribution in [-0.2, 0) is 4.74 Å². The van der Waals surface area contributed by atoms with E-state index in [2.05, 4.69) is 0 Å². The summed E-state index contributed by atoms with van der Waals surface area (Å²) in [5.41, 5.74) is 0.779. The molecule has 0 unspecified atom stereocenters. The molecule has 4 heteroatoms. The molecule has 0 spiro atoms. The Kier molecular flexibility index (Phi) is 4.26. The zero-order chi connectivity index (χ0) is 12.3. The van der Waals surface area contributed by atoms with Crippen LogP contribution in [0.15, 0.2) is 18.2 Å². The molecule has 17 heavy (non-hydrogen) atoms. The molecule has 1 aromatic rings. The summed E-state index contributed by atoms with van der Waals surface area (Å²) in [6, 6.07) is 5.26. The lowest BCUT2D eigenvalue weighted by atomic mass is 10.1. The summed E-state index contributed by atoms with van der Waals surface area (Å²) < 4.78 is 10.8. The summed E-state index contributed by atoms with van der Waals surface area (Å²) in [5.74, 6) is 1.32. The fourth-order valence-corrected chi connectivity index (χ4v) is 1.74. The SMILES string of the molecule is C[C@H](O)c1ccc(OCOCC2CC2)c(Cl)c1. The van der Waals surface area contributed by atoms with Crippen LogP contribution in [0.2, 0.25) is 5.02 Å². The highest BCUT2D eigenvalue weighted by atomic mass is 35.5. The van der Waals surface area contributed by atoms with E-state index in [9.17, 15) is 5.11 Å². The number of ether oxygens (including phenoxy) is 2. The lowest BCUT2D eigenvalue weighted by molar-refractivity contribution is 0.0100. The van der Waals surface area contributed by atoms with Crippen molar-refractivity contribution in [3.8, 4) is 5.75 Å². The number of benzene rings is 1. The van der Waals surface area contributed by atoms with Crippen molar-refractivity contribution in [2.75, 3.05) is 13.4 Å². The van der Waals surface area contributed by atoms with Gasteiger partial charge < -0.3 is 14.6 Å². The maximum Gasteiger partial charge on any atom is 0.189 e. The molecule has 0 amide bonds. The molecule has 3 nitrogen and oxygen atoms in total. The van der Waals surface area contributed by atoms with Crippen LogP contribution in [0.1, 0.15) is 31.4 Å². The minimum atomic E-state index is -0.521. The second kappa shape index (κ2) is 5.71. The van der Waals surface area contributed by atoms with Gasteiger partial charge in [-0.05, 0) is 43.4 Å². The number of aliphatic hydroxyl groups is 1. The number of halogens is 1. The molecule has 0 saturated heterocycles. The van der Waals surface area contributed by atoms with Gasteiger partial charge in [-0.1, -0.05) is 17.7 Å². The first-order chi connectivity index (χ1) is 8.16. The fraction of sp³-hybridized carbons (Fsp3) is 0.538. The number of rotatable bonds is 6. The quantitative estimate of drug-likeness (QED) is 0.628. The Hall–Kier alpha value is -0.770. The molecule has 1 aliphatic rings. The Morgan fingerprint density at radius 1 is 1.47 bits per heavy atom. The molecule has 0 heterocycles. The molecule has 1 saturated carbocycles. The third-order valence-corrected chi connectivity index (χ3v) is 3.08. The van der Waals surface area contributed by atoms with Crippen molar-refractivity contribution in [3.63, 3.8) is 0 Å². The van der Waals surface area contributed by atoms with E-state index in [1.807, 2.05) is 0 Å². The van der Waals surface area contributed by atoms with E-state index in [1.54, 1.807) is 25.1 Å². The van der Waals surface area contributed by atoms with Crippen LogP contribution in [0.4, 0.5) is 0 Å². The maximum atomic E-state index is 9.40. The molecule has 1 fully saturated rings. The van der Waals surface area contributed by atoms with E-state index in [0.717, 1.165) is 18.1 Å². The first-order valence-corrected chi connectivity index (χ1v) is 6.22. The summed E-state index contributed by atoms with van der Waals surface area (Å²) in [5, 5.41) is 9.90. The number of aliphatic hydroxyl groups excluding tert-OH is 1. The van der Waals surface area contributed by atoms with Gasteiger partial charge in [0.05, 0.1) is 17.7 Å². The van der Waals surface area contributed by atoms with Gasteiger partial charge >= 0.3 is 0 Å². The van der Waals surface area contributed by atoms with Gasteiger partial charge in [0.1, 0.15) is 5.75 Å². The average Bonchev–Trinajstić information content (AvgIpc) is 3.09. The largest absolute Gasteiger partial charge is 0.466 e. The normalized spacial score (nSPS) is 16.9. The predicted octanol–water partition coefficient (Wildman–Crippen LogP) is 3.16. The average molecular weight is 257 g/mol. The lowest BCUT2D eigenvalue weighted by Gasteiger charge is -2.11. The molecule has 94 valence electrons. The van der Waals surface area contributed by atoms with E-state index in [-0.39, 0.29) is 6.79 Å². The summed E-state index contributed by atoms with van der Waals surface area (Å²) in [4.78, 5) is 0. The van der Waals surface area contributed by atoms with Crippen molar-refractivity contribution in [2.24, 2.45) is 5.92 Å². The van der Waals surface area contributed by atoms with Gasteiger partial charge in [-0.3, -0.25) is 0 Å². The van der Waals surface area contributed by atoms with Gasteiger partial charge in [-0.25, -0.2) is 0 Å². The molecule has 1 aromatic carbocycles. The second-order valence-electron chi connectivity index (χ2n) is 4.44. The Morgan fingerprint density at radius 2 is 2.24 bits per heavy atom. The van der Waals surface area contributed by atoms with Crippen molar-refractivity contribution < 1.29 is 14.6 Å². The molecule has 0 radical (unpaired) electrons. The van der Waals surface area contributed by atoms with Gasteiger partial charge in [0.25, 0.3) is 0 Å². The summed E-state index contributed by atoms with van der Waals surface area (Å²) >= 11 is 6.04. The molecular formula is C13H17ClO3. The summed E-state index contributed by atoms with van der Waals surface area (Å²) in [6.07, 6.45) is 2.01. The van der Waals surface area contributed by atoms with Crippen molar-refractivity contribution in [1.82, 2.24) is 0 Å². The van der Waals surface area contributed by atoms with Crippen LogP contribution in [0.3, 0.4) is 0 Å². The van der Waals surface area contributed by atoms with Crippen molar-refractivity contribution in [2.45, 2.75) is 25.9 Å². The van der Waals surface area contributed by atoms with E-state index in [1.165, 1.54) is 12.8 Å². The second-order valence-corrected chi connectivity index (χ2v) is 4.85. The maximum absolute atomic E-state index is 9.40. The Morgan fingerprint density at radius 3 is 2.82 bits per heavy atom. The van der Waals surface area contributed by atoms with Crippen LogP contribution in [0.5, 0.6) is 5.75 Å². The number of hydrogen-bond acceptors (Lipinski definition) is 3. The topological polar surface area (TPSA) is 38.7 Å². The molecule has 2 rings (SSSR count). The van der Waals surface area contributed by atoms with Crippen LogP contribution in [0, 0.1) is 5.92 Å². The minimum Gasteiger partial charge on any atom is -0.466 e. The van der Waals surface area contributed by atoms with Crippen molar-refractivity contribution >= 4 is 11.6 Å². The molecule has 1 aliphatic carbocycles. The predicted molar refractivity (Wildman–Crippen MR) is 66.3 cm³/mol. The zero-order valence-electron chi connectivity index (χ0n) is 9.86. The van der Waals surface area contributed by atoms with Gasteiger partial charge in [0.15, 0.2) is 6.79 Å². The van der Waals surface area contributed by atoms with Crippen LogP contribution in [0.25, 0.3) is 0 Å². The Balaban J connectivity index is 1.82. The van der Waals surface area contributed by atoms with Gasteiger partial charge in [0.2, 0.25) is 0 Å². The summed E-state index contributed by atoms with van der Waals surface area (Å²) in [7, 11) is 0. The first-order valence-electron chi connectivity index (χ1n) is 5.85. The van der Waals surface area contributed by atoms with Gasteiger partial charge in [-0.15, -0.1) is 0 Å². The fourth-order valence-electron chi connectivity index (χ4n) is 1.50. The summed E-state index contributed by atoms with van der Waals surface area (Å²) in [6.45, 7) is 2.69. The van der Waals surface area contributed by atoms with Crippen LogP contribution >= 0.6 is 11.6 Å². The van der Waals surface area contributed by atoms with Crippen molar-refractivity contribution in [3.05, 3.63) is 28.8 Å². The van der Waals surface area contributed by atoms with E-state index >= 15 is 0 Å². The van der Waals surface area contributed by atoms with Crippen molar-refractivity contribution in [1.29, 1.82) is 0 Å². The molecule has 1 N–H and O–H groups in total. The van der Waals surface area contributed by atoms with Gasteiger partial charge in [-0.2, -0.15) is 0 Å². The molecule has 0 aromatic heterocycles. The number of hydrogen-bond donors (Lipinski definition) is 1. The molecule has 1 atom stereocenters. The highest BCUT2D eigenvalue weighted by Crippen LogP contribution is 2.30. The Labute approximate surface area is 106 Å². The first kappa shape index (κ1) is 12.7. The van der Waals surface area contributed by atoms with Crippen LogP contribution < -0.4 is 4.74 Å². The monoisotopic (exact) mass is 256 g/mol. The Bertz CT molecular complexity index is 375. The standard InChI is InChI=1S/C13H17ClO3/c1-9(15)11-4-5-13(12(14)6-11)17-8-16-7-10-2-3-10/h4-6,9-10,15H,2-3,7-8H2,1H3/t9-/m0/s1. The third kappa shape index (κ3) is 3.87. The molecular weight excluding hydrogens is 240 g/mol. The van der Waals surface area contributed by atoms with Crippen LogP contribution in [-0.4, -0.2) is 18.5 Å². The lowest BCUT2D eigenvalue weighted by Crippen LogP contribution is -2.05. The third-order valence-electron chi connectivity index (χ3n) is 2.79. The molecule has 0 bridgehead atoms. The van der Waals surface area contributed by atoms with E-state index in [4.69, 9.17) is 21.1 Å². The molecule has 0 aliphatic heterocycles. The van der Waals surface area contributed by atoms with E-state index < -0.39 is 6.10 Å². The highest BCUT2D eigenvalue weighted by Gasteiger charge is 2.21. The smallest absolute Gasteiger partial charge is 0.189 e. The van der Waals surface area contributed by atoms with E-state index in [0.29, 0.717) is 10.8 Å².